The molecule has 41 heavy (non-hydrogen) atoms. The largest absolute Gasteiger partial charge is 0.493 e. The van der Waals surface area contributed by atoms with Crippen molar-refractivity contribution in [2.75, 3.05) is 19.1 Å². The number of methoxy groups -OCH3 is 2. The molecule has 3 aliphatic rings. The van der Waals surface area contributed by atoms with E-state index < -0.39 is 23.4 Å². The summed E-state index contributed by atoms with van der Waals surface area (Å²) in [6.07, 6.45) is 3.87. The lowest BCUT2D eigenvalue weighted by Crippen LogP contribution is -2.48. The molecule has 0 saturated carbocycles. The number of ketones is 3. The van der Waals surface area contributed by atoms with Crippen LogP contribution in [0.15, 0.2) is 103 Å². The van der Waals surface area contributed by atoms with Gasteiger partial charge in [-0.15, -0.1) is 0 Å². The second-order valence-electron chi connectivity index (χ2n) is 10.6. The Morgan fingerprint density at radius 2 is 1.41 bits per heavy atom. The van der Waals surface area contributed by atoms with Gasteiger partial charge in [-0.3, -0.25) is 14.4 Å². The van der Waals surface area contributed by atoms with Crippen LogP contribution in [0.3, 0.4) is 0 Å². The van der Waals surface area contributed by atoms with Crippen LogP contribution in [0.25, 0.3) is 6.08 Å². The van der Waals surface area contributed by atoms with E-state index in [0.717, 1.165) is 11.3 Å². The number of benzene rings is 4. The van der Waals surface area contributed by atoms with E-state index in [1.54, 1.807) is 49.6 Å². The third-order valence-corrected chi connectivity index (χ3v) is 8.81. The highest BCUT2D eigenvalue weighted by Crippen LogP contribution is 2.62. The number of rotatable bonds is 5. The monoisotopic (exact) mass is 541 g/mol. The zero-order chi connectivity index (χ0) is 28.3. The van der Waals surface area contributed by atoms with Crippen molar-refractivity contribution in [2.24, 2.45) is 5.41 Å². The average molecular weight is 542 g/mol. The Bertz CT molecular complexity index is 1720. The van der Waals surface area contributed by atoms with Crippen molar-refractivity contribution in [3.05, 3.63) is 131 Å². The summed E-state index contributed by atoms with van der Waals surface area (Å²) in [5, 5.41) is 0. The minimum atomic E-state index is -1.61. The fourth-order valence-electron chi connectivity index (χ4n) is 7.19. The Balaban J connectivity index is 1.59. The molecule has 2 aliphatic heterocycles. The lowest BCUT2D eigenvalue weighted by Gasteiger charge is -2.37. The van der Waals surface area contributed by atoms with Crippen molar-refractivity contribution in [3.63, 3.8) is 0 Å². The fraction of sp³-hybridized carbons (Fsp3) is 0.171. The van der Waals surface area contributed by atoms with Crippen LogP contribution in [0.4, 0.5) is 5.69 Å². The van der Waals surface area contributed by atoms with Crippen molar-refractivity contribution < 1.29 is 23.9 Å². The summed E-state index contributed by atoms with van der Waals surface area (Å²) >= 11 is 0. The molecule has 1 spiro atoms. The first-order chi connectivity index (χ1) is 20.0. The van der Waals surface area contributed by atoms with Gasteiger partial charge in [0.1, 0.15) is 11.5 Å². The molecule has 6 nitrogen and oxygen atoms in total. The van der Waals surface area contributed by atoms with Crippen LogP contribution in [0.5, 0.6) is 11.5 Å². The van der Waals surface area contributed by atoms with E-state index in [0.29, 0.717) is 33.8 Å². The molecule has 1 fully saturated rings. The quantitative estimate of drug-likeness (QED) is 0.227. The minimum Gasteiger partial charge on any atom is -0.493 e. The molecule has 1 aliphatic carbocycles. The lowest BCUT2D eigenvalue weighted by atomic mass is 9.64. The van der Waals surface area contributed by atoms with Gasteiger partial charge in [-0.05, 0) is 17.7 Å². The number of carbonyl (C=O) groups is 3. The molecule has 0 aromatic heterocycles. The standard InChI is InChI=1S/C35H27NO5/c1-40-27-18-10-16-25(32(27)41-2)29-30(31(37)22-12-4-3-5-13-22)36-26-17-9-6-11-21(26)19-20-28(36)35(29)33(38)23-14-7-8-15-24(23)34(35)39/h3-20,28-30H,1-2H3/t28-,29+,30+/m0/s1. The maximum absolute atomic E-state index is 14.8. The molecule has 6 heteroatoms. The van der Waals surface area contributed by atoms with Crippen LogP contribution in [0, 0.1) is 5.41 Å². The second kappa shape index (κ2) is 9.30. The summed E-state index contributed by atoms with van der Waals surface area (Å²) in [5.74, 6) is -0.760. The van der Waals surface area contributed by atoms with Crippen LogP contribution in [-0.4, -0.2) is 43.7 Å². The summed E-state index contributed by atoms with van der Waals surface area (Å²) in [7, 11) is 3.08. The molecule has 0 amide bonds. The number of para-hydroxylation sites is 2. The molecule has 0 N–H and O–H groups in total. The highest BCUT2D eigenvalue weighted by Gasteiger charge is 2.72. The lowest BCUT2D eigenvalue weighted by molar-refractivity contribution is 0.0664. The second-order valence-corrected chi connectivity index (χ2v) is 10.6. The molecule has 4 aromatic rings. The summed E-state index contributed by atoms with van der Waals surface area (Å²) in [6, 6.07) is 27.6. The van der Waals surface area contributed by atoms with Crippen LogP contribution < -0.4 is 14.4 Å². The maximum atomic E-state index is 14.8. The first kappa shape index (κ1) is 25.0. The van der Waals surface area contributed by atoms with E-state index in [4.69, 9.17) is 9.47 Å². The molecule has 2 heterocycles. The van der Waals surface area contributed by atoms with Crippen molar-refractivity contribution in [1.82, 2.24) is 0 Å². The normalized spacial score (nSPS) is 21.4. The van der Waals surface area contributed by atoms with Crippen LogP contribution in [0.1, 0.15) is 48.1 Å². The van der Waals surface area contributed by atoms with E-state index in [9.17, 15) is 14.4 Å². The molecule has 202 valence electrons. The van der Waals surface area contributed by atoms with E-state index in [2.05, 4.69) is 0 Å². The van der Waals surface area contributed by atoms with E-state index in [-0.39, 0.29) is 17.3 Å². The third kappa shape index (κ3) is 3.27. The molecule has 3 atom stereocenters. The average Bonchev–Trinajstić information content (AvgIpc) is 3.46. The smallest absolute Gasteiger partial charge is 0.185 e. The number of hydrogen-bond acceptors (Lipinski definition) is 6. The van der Waals surface area contributed by atoms with E-state index >= 15 is 0 Å². The van der Waals surface area contributed by atoms with Gasteiger partial charge in [-0.1, -0.05) is 97.1 Å². The summed E-state index contributed by atoms with van der Waals surface area (Å²) < 4.78 is 11.5. The molecule has 7 rings (SSSR count). The van der Waals surface area contributed by atoms with Gasteiger partial charge >= 0.3 is 0 Å². The minimum absolute atomic E-state index is 0.177. The Morgan fingerprint density at radius 3 is 2.10 bits per heavy atom. The van der Waals surface area contributed by atoms with Crippen molar-refractivity contribution in [2.45, 2.75) is 18.0 Å². The first-order valence-corrected chi connectivity index (χ1v) is 13.6. The molecule has 0 bridgehead atoms. The summed E-state index contributed by atoms with van der Waals surface area (Å²) in [4.78, 5) is 46.3. The van der Waals surface area contributed by atoms with Gasteiger partial charge in [0.15, 0.2) is 28.8 Å². The number of fused-ring (bicyclic) bond motifs is 5. The Hall–Kier alpha value is -4.97. The van der Waals surface area contributed by atoms with Gasteiger partial charge < -0.3 is 14.4 Å². The summed E-state index contributed by atoms with van der Waals surface area (Å²) in [5.41, 5.74) is 1.95. The Kier molecular flexibility index (Phi) is 5.68. The number of carbonyl (C=O) groups excluding carboxylic acids is 3. The van der Waals surface area contributed by atoms with Gasteiger partial charge in [-0.2, -0.15) is 0 Å². The number of ether oxygens (including phenoxy) is 2. The molecular weight excluding hydrogens is 514 g/mol. The van der Waals surface area contributed by atoms with Gasteiger partial charge in [0, 0.05) is 33.9 Å². The third-order valence-electron chi connectivity index (χ3n) is 8.81. The van der Waals surface area contributed by atoms with Crippen molar-refractivity contribution >= 4 is 29.1 Å². The van der Waals surface area contributed by atoms with Gasteiger partial charge in [0.25, 0.3) is 0 Å². The topological polar surface area (TPSA) is 72.9 Å². The van der Waals surface area contributed by atoms with E-state index in [1.807, 2.05) is 71.6 Å². The van der Waals surface area contributed by atoms with Crippen molar-refractivity contribution in [3.8, 4) is 11.5 Å². The fourth-order valence-corrected chi connectivity index (χ4v) is 7.19. The Morgan fingerprint density at radius 1 is 0.756 bits per heavy atom. The summed E-state index contributed by atoms with van der Waals surface area (Å²) in [6.45, 7) is 0. The van der Waals surface area contributed by atoms with Crippen molar-refractivity contribution in [1.29, 1.82) is 0 Å². The zero-order valence-corrected chi connectivity index (χ0v) is 22.6. The number of anilines is 1. The maximum Gasteiger partial charge on any atom is 0.185 e. The molecular formula is C35H27NO5. The first-order valence-electron chi connectivity index (χ1n) is 13.6. The number of hydrogen-bond donors (Lipinski definition) is 0. The molecule has 0 radical (unpaired) electrons. The highest BCUT2D eigenvalue weighted by molar-refractivity contribution is 6.32. The van der Waals surface area contributed by atoms with Gasteiger partial charge in [0.05, 0.1) is 20.3 Å². The molecule has 4 aromatic carbocycles. The highest BCUT2D eigenvalue weighted by atomic mass is 16.5. The van der Waals surface area contributed by atoms with Crippen LogP contribution in [0.2, 0.25) is 0 Å². The predicted octanol–water partition coefficient (Wildman–Crippen LogP) is 6.02. The van der Waals surface area contributed by atoms with Crippen LogP contribution >= 0.6 is 0 Å². The van der Waals surface area contributed by atoms with E-state index in [1.165, 1.54) is 7.11 Å². The van der Waals surface area contributed by atoms with Crippen LogP contribution in [-0.2, 0) is 0 Å². The SMILES string of the molecule is COc1cccc([C@@H]2[C@H](C(=O)c3ccccc3)N3c4ccccc4C=C[C@H]3C23C(=O)c2ccccc2C3=O)c1OC. The van der Waals surface area contributed by atoms with Gasteiger partial charge in [-0.25, -0.2) is 0 Å². The number of Topliss-reactive ketones (excluding diaryl/α,β-unsaturated/α-hetero) is 3. The zero-order valence-electron chi connectivity index (χ0n) is 22.6. The molecule has 1 saturated heterocycles. The molecule has 0 unspecified atom stereocenters. The number of nitrogens with zero attached hydrogens (tertiary/aromatic N) is 1. The Labute approximate surface area is 237 Å². The predicted molar refractivity (Wildman–Crippen MR) is 156 cm³/mol. The van der Waals surface area contributed by atoms with Gasteiger partial charge in [0.2, 0.25) is 0 Å².